The van der Waals surface area contributed by atoms with Crippen LogP contribution in [-0.2, 0) is 11.3 Å². The number of carbonyl (C=O) groups excluding carboxylic acids is 2. The molecule has 2 aromatic carbocycles. The number of fused-ring (bicyclic) bond motifs is 1. The van der Waals surface area contributed by atoms with Gasteiger partial charge in [-0.05, 0) is 31.3 Å². The summed E-state index contributed by atoms with van der Waals surface area (Å²) in [7, 11) is 2.05. The number of rotatable bonds is 4. The second-order valence-electron chi connectivity index (χ2n) is 9.25. The summed E-state index contributed by atoms with van der Waals surface area (Å²) >= 11 is 6.27. The minimum Gasteiger partial charge on any atom is -0.366 e. The monoisotopic (exact) mass is 497 g/mol. The van der Waals surface area contributed by atoms with Crippen molar-refractivity contribution in [2.45, 2.75) is 6.54 Å². The molecule has 0 N–H and O–H groups in total. The van der Waals surface area contributed by atoms with Gasteiger partial charge < -0.3 is 24.2 Å². The number of anilines is 1. The third-order valence-corrected chi connectivity index (χ3v) is 7.23. The van der Waals surface area contributed by atoms with Gasteiger partial charge in [0.2, 0.25) is 5.91 Å². The molecule has 1 aromatic heterocycles. The van der Waals surface area contributed by atoms with Gasteiger partial charge >= 0.3 is 0 Å². The predicted molar refractivity (Wildman–Crippen MR) is 136 cm³/mol. The lowest BCUT2D eigenvalue weighted by molar-refractivity contribution is -0.133. The van der Waals surface area contributed by atoms with Crippen LogP contribution < -0.4 is 4.90 Å². The molecule has 2 amide bonds. The van der Waals surface area contributed by atoms with Crippen LogP contribution in [0.4, 0.5) is 10.1 Å². The van der Waals surface area contributed by atoms with Crippen LogP contribution in [0.3, 0.4) is 0 Å². The quantitative estimate of drug-likeness (QED) is 0.555. The first-order valence-corrected chi connectivity index (χ1v) is 12.3. The number of hydrogen-bond donors (Lipinski definition) is 0. The molecular weight excluding hydrogens is 469 g/mol. The maximum Gasteiger partial charge on any atom is 0.256 e. The number of amides is 2. The topological polar surface area (TPSA) is 52.0 Å². The lowest BCUT2D eigenvalue weighted by Gasteiger charge is -2.36. The van der Waals surface area contributed by atoms with Crippen LogP contribution in [-0.4, -0.2) is 90.5 Å². The molecular formula is C26H29ClFN5O2. The fraction of sp³-hybridized carbons (Fsp3) is 0.385. The van der Waals surface area contributed by atoms with E-state index in [1.54, 1.807) is 35.4 Å². The number of benzene rings is 2. The van der Waals surface area contributed by atoms with Crippen LogP contribution >= 0.6 is 11.6 Å². The predicted octanol–water partition coefficient (Wildman–Crippen LogP) is 3.17. The van der Waals surface area contributed by atoms with E-state index >= 15 is 0 Å². The molecule has 0 bridgehead atoms. The Balaban J connectivity index is 1.34. The first-order chi connectivity index (χ1) is 16.9. The van der Waals surface area contributed by atoms with Crippen LogP contribution in [0.1, 0.15) is 10.4 Å². The summed E-state index contributed by atoms with van der Waals surface area (Å²) in [6.45, 7) is 5.37. The minimum atomic E-state index is -0.253. The highest BCUT2D eigenvalue weighted by atomic mass is 35.5. The molecule has 0 spiro atoms. The van der Waals surface area contributed by atoms with Crippen LogP contribution in [0.15, 0.2) is 48.7 Å². The molecule has 5 rings (SSSR count). The molecule has 0 radical (unpaired) electrons. The zero-order valence-corrected chi connectivity index (χ0v) is 20.5. The summed E-state index contributed by atoms with van der Waals surface area (Å²) in [6.07, 6.45) is 1.78. The van der Waals surface area contributed by atoms with E-state index in [9.17, 15) is 14.0 Å². The molecule has 184 valence electrons. The van der Waals surface area contributed by atoms with E-state index in [1.807, 2.05) is 26.5 Å². The standard InChI is InChI=1S/C26H29ClFN5O2/c1-29-8-10-31(11-9-29)25(34)18-33-17-21(20-7-6-19(27)16-24(20)33)26(35)32-14-12-30(13-15-32)23-5-3-2-4-22(23)28/h2-7,16-17H,8-15,18H2,1H3. The van der Waals surface area contributed by atoms with Gasteiger partial charge in [0.1, 0.15) is 12.4 Å². The van der Waals surface area contributed by atoms with Gasteiger partial charge in [0.05, 0.1) is 16.8 Å². The highest BCUT2D eigenvalue weighted by molar-refractivity contribution is 6.31. The van der Waals surface area contributed by atoms with Crippen LogP contribution in [0.25, 0.3) is 10.9 Å². The minimum absolute atomic E-state index is 0.0347. The third-order valence-electron chi connectivity index (χ3n) is 7.00. The number of hydrogen-bond acceptors (Lipinski definition) is 4. The van der Waals surface area contributed by atoms with Crippen molar-refractivity contribution < 1.29 is 14.0 Å². The van der Waals surface area contributed by atoms with Crippen molar-refractivity contribution in [3.8, 4) is 0 Å². The molecule has 2 saturated heterocycles. The Kier molecular flexibility index (Phi) is 6.67. The van der Waals surface area contributed by atoms with Crippen molar-refractivity contribution in [2.75, 3.05) is 64.3 Å². The van der Waals surface area contributed by atoms with E-state index in [0.29, 0.717) is 55.5 Å². The van der Waals surface area contributed by atoms with Crippen molar-refractivity contribution >= 4 is 40.0 Å². The lowest BCUT2D eigenvalue weighted by atomic mass is 10.1. The Labute approximate surface area is 209 Å². The first-order valence-electron chi connectivity index (χ1n) is 11.9. The summed E-state index contributed by atoms with van der Waals surface area (Å²) in [4.78, 5) is 34.4. The van der Waals surface area contributed by atoms with Crippen molar-refractivity contribution in [1.29, 1.82) is 0 Å². The Hall–Kier alpha value is -3.10. The van der Waals surface area contributed by atoms with Crippen molar-refractivity contribution in [2.24, 2.45) is 0 Å². The van der Waals surface area contributed by atoms with E-state index in [2.05, 4.69) is 11.9 Å². The van der Waals surface area contributed by atoms with Crippen molar-refractivity contribution in [1.82, 2.24) is 19.3 Å². The van der Waals surface area contributed by atoms with Crippen LogP contribution in [0.2, 0.25) is 5.02 Å². The van der Waals surface area contributed by atoms with Crippen molar-refractivity contribution in [3.63, 3.8) is 0 Å². The van der Waals surface area contributed by atoms with Gasteiger partial charge in [-0.1, -0.05) is 29.8 Å². The first kappa shape index (κ1) is 23.6. The number of piperazine rings is 2. The summed E-state index contributed by atoms with van der Waals surface area (Å²) in [5.74, 6) is -0.305. The van der Waals surface area contributed by atoms with E-state index in [4.69, 9.17) is 11.6 Å². The molecule has 35 heavy (non-hydrogen) atoms. The average Bonchev–Trinajstić information content (AvgIpc) is 3.21. The Morgan fingerprint density at radius 1 is 0.914 bits per heavy atom. The average molecular weight is 498 g/mol. The number of para-hydroxylation sites is 1. The molecule has 0 aliphatic carbocycles. The maximum absolute atomic E-state index is 14.2. The lowest BCUT2D eigenvalue weighted by Crippen LogP contribution is -2.49. The molecule has 7 nitrogen and oxygen atoms in total. The number of aromatic nitrogens is 1. The highest BCUT2D eigenvalue weighted by Crippen LogP contribution is 2.27. The van der Waals surface area contributed by atoms with Gasteiger partial charge in [-0.15, -0.1) is 0 Å². The zero-order chi connectivity index (χ0) is 24.5. The number of halogens is 2. The third kappa shape index (κ3) is 4.86. The fourth-order valence-corrected chi connectivity index (χ4v) is 5.06. The molecule has 2 fully saturated rings. The van der Waals surface area contributed by atoms with Gasteiger partial charge in [-0.2, -0.15) is 0 Å². The molecule has 3 aromatic rings. The van der Waals surface area contributed by atoms with E-state index in [0.717, 1.165) is 24.0 Å². The van der Waals surface area contributed by atoms with Gasteiger partial charge in [-0.25, -0.2) is 4.39 Å². The molecule has 0 saturated carbocycles. The SMILES string of the molecule is CN1CCN(C(=O)Cn2cc(C(=O)N3CCN(c4ccccc4F)CC3)c3ccc(Cl)cc32)CC1. The largest absolute Gasteiger partial charge is 0.366 e. The highest BCUT2D eigenvalue weighted by Gasteiger charge is 2.27. The Morgan fingerprint density at radius 2 is 1.60 bits per heavy atom. The second kappa shape index (κ2) is 9.87. The number of nitrogens with zero attached hydrogens (tertiary/aromatic N) is 5. The molecule has 0 atom stereocenters. The summed E-state index contributed by atoms with van der Waals surface area (Å²) in [5, 5.41) is 1.34. The van der Waals surface area contributed by atoms with Gasteiger partial charge in [0.15, 0.2) is 0 Å². The summed E-state index contributed by atoms with van der Waals surface area (Å²) < 4.78 is 16.0. The maximum atomic E-state index is 14.2. The molecule has 2 aliphatic rings. The summed E-state index contributed by atoms with van der Waals surface area (Å²) in [6, 6.07) is 12.1. The van der Waals surface area contributed by atoms with E-state index < -0.39 is 0 Å². The molecule has 0 unspecified atom stereocenters. The smallest absolute Gasteiger partial charge is 0.256 e. The van der Waals surface area contributed by atoms with Gasteiger partial charge in [-0.3, -0.25) is 9.59 Å². The number of likely N-dealkylation sites (N-methyl/N-ethyl adjacent to an activating group) is 1. The van der Waals surface area contributed by atoms with Crippen LogP contribution in [0, 0.1) is 5.82 Å². The van der Waals surface area contributed by atoms with Crippen LogP contribution in [0.5, 0.6) is 0 Å². The van der Waals surface area contributed by atoms with Crippen molar-refractivity contribution in [3.05, 3.63) is 65.1 Å². The molecule has 3 heterocycles. The normalized spacial score (nSPS) is 17.3. The van der Waals surface area contributed by atoms with Gasteiger partial charge in [0.25, 0.3) is 5.91 Å². The molecule has 9 heteroatoms. The fourth-order valence-electron chi connectivity index (χ4n) is 4.90. The molecule has 2 aliphatic heterocycles. The zero-order valence-electron chi connectivity index (χ0n) is 19.8. The summed E-state index contributed by atoms with van der Waals surface area (Å²) in [5.41, 5.74) is 1.89. The van der Waals surface area contributed by atoms with E-state index in [1.165, 1.54) is 6.07 Å². The van der Waals surface area contributed by atoms with Gasteiger partial charge in [0, 0.05) is 69.0 Å². The Morgan fingerprint density at radius 3 is 2.31 bits per heavy atom. The second-order valence-corrected chi connectivity index (χ2v) is 9.68. The number of carbonyl (C=O) groups is 2. The Bertz CT molecular complexity index is 1250. The van der Waals surface area contributed by atoms with E-state index in [-0.39, 0.29) is 24.2 Å².